The quantitative estimate of drug-likeness (QED) is 0.796. The Balaban J connectivity index is 2.54. The number of carbonyl (C=O) groups is 1. The van der Waals surface area contributed by atoms with Crippen molar-refractivity contribution in [1.29, 1.82) is 0 Å². The lowest BCUT2D eigenvalue weighted by atomic mass is 10.1. The largest absolute Gasteiger partial charge is 0.469 e. The Morgan fingerprint density at radius 2 is 2.10 bits per heavy atom. The maximum atomic E-state index is 11.6. The predicted molar refractivity (Wildman–Crippen MR) is 83.1 cm³/mol. The summed E-state index contributed by atoms with van der Waals surface area (Å²) in [6, 6.07) is 7.55. The van der Waals surface area contributed by atoms with Crippen molar-refractivity contribution in [2.24, 2.45) is 0 Å². The van der Waals surface area contributed by atoms with E-state index in [-0.39, 0.29) is 12.4 Å². The number of ether oxygens (including phenoxy) is 1. The van der Waals surface area contributed by atoms with Gasteiger partial charge in [-0.1, -0.05) is 31.5 Å². The highest BCUT2D eigenvalue weighted by molar-refractivity contribution is 6.30. The molecule has 1 aromatic carbocycles. The highest BCUT2D eigenvalue weighted by atomic mass is 35.5. The number of rotatable bonds is 5. The number of aryl methyl sites for hydroxylation is 1. The number of aromatic nitrogens is 2. The molecule has 5 heteroatoms. The Hall–Kier alpha value is -1.81. The molecule has 1 aromatic heterocycles. The van der Waals surface area contributed by atoms with Crippen LogP contribution in [0.2, 0.25) is 5.02 Å². The maximum absolute atomic E-state index is 11.6. The van der Waals surface area contributed by atoms with Gasteiger partial charge in [-0.25, -0.2) is 4.68 Å². The lowest BCUT2D eigenvalue weighted by Crippen LogP contribution is -2.08. The molecule has 0 N–H and O–H groups in total. The van der Waals surface area contributed by atoms with Gasteiger partial charge in [-0.15, -0.1) is 0 Å². The number of carbonyl (C=O) groups excluding carboxylic acids is 1. The molecule has 0 aliphatic heterocycles. The number of benzene rings is 1. The topological polar surface area (TPSA) is 44.1 Å². The zero-order valence-corrected chi connectivity index (χ0v) is 13.3. The first-order valence-electron chi connectivity index (χ1n) is 7.03. The lowest BCUT2D eigenvalue weighted by molar-refractivity contribution is -0.139. The van der Waals surface area contributed by atoms with E-state index in [1.807, 2.05) is 35.9 Å². The summed E-state index contributed by atoms with van der Waals surface area (Å²) in [5, 5.41) is 5.31. The van der Waals surface area contributed by atoms with Crippen LogP contribution in [0.1, 0.15) is 30.8 Å². The molecule has 0 amide bonds. The van der Waals surface area contributed by atoms with Crippen molar-refractivity contribution in [3.8, 4) is 5.69 Å². The van der Waals surface area contributed by atoms with Gasteiger partial charge in [0, 0.05) is 16.3 Å². The van der Waals surface area contributed by atoms with Crippen molar-refractivity contribution in [2.45, 2.75) is 33.1 Å². The van der Waals surface area contributed by atoms with Crippen LogP contribution in [0, 0.1) is 0 Å². The molecule has 2 rings (SSSR count). The first kappa shape index (κ1) is 15.6. The Morgan fingerprint density at radius 3 is 2.67 bits per heavy atom. The second-order valence-electron chi connectivity index (χ2n) is 4.72. The van der Waals surface area contributed by atoms with Crippen molar-refractivity contribution in [1.82, 2.24) is 9.78 Å². The fraction of sp³-hybridized carbons (Fsp3) is 0.375. The normalized spacial score (nSPS) is 10.7. The second-order valence-corrected chi connectivity index (χ2v) is 5.16. The molecule has 0 fully saturated rings. The van der Waals surface area contributed by atoms with Crippen LogP contribution in [-0.2, 0) is 28.8 Å². The van der Waals surface area contributed by atoms with E-state index < -0.39 is 0 Å². The van der Waals surface area contributed by atoms with Gasteiger partial charge in [0.25, 0.3) is 0 Å². The van der Waals surface area contributed by atoms with Gasteiger partial charge in [-0.05, 0) is 31.0 Å². The average molecular weight is 307 g/mol. The zero-order valence-electron chi connectivity index (χ0n) is 12.5. The van der Waals surface area contributed by atoms with Gasteiger partial charge in [0.2, 0.25) is 0 Å². The van der Waals surface area contributed by atoms with Crippen LogP contribution in [0.5, 0.6) is 0 Å². The molecule has 0 saturated carbocycles. The van der Waals surface area contributed by atoms with E-state index in [9.17, 15) is 4.79 Å². The predicted octanol–water partition coefficient (Wildman–Crippen LogP) is 3.37. The number of esters is 1. The number of hydrogen-bond acceptors (Lipinski definition) is 3. The molecule has 112 valence electrons. The summed E-state index contributed by atoms with van der Waals surface area (Å²) in [7, 11) is 1.40. The fourth-order valence-electron chi connectivity index (χ4n) is 2.43. The zero-order chi connectivity index (χ0) is 15.4. The monoisotopic (exact) mass is 306 g/mol. The van der Waals surface area contributed by atoms with Gasteiger partial charge in [0.05, 0.1) is 24.9 Å². The minimum Gasteiger partial charge on any atom is -0.469 e. The summed E-state index contributed by atoms with van der Waals surface area (Å²) in [5.74, 6) is -0.245. The van der Waals surface area contributed by atoms with Gasteiger partial charge in [0.15, 0.2) is 0 Å². The van der Waals surface area contributed by atoms with Crippen molar-refractivity contribution >= 4 is 17.6 Å². The molecular formula is C16H19ClN2O2. The number of hydrogen-bond donors (Lipinski definition) is 0. The maximum Gasteiger partial charge on any atom is 0.310 e. The first-order chi connectivity index (χ1) is 10.1. The van der Waals surface area contributed by atoms with Crippen molar-refractivity contribution in [2.75, 3.05) is 7.11 Å². The molecule has 0 saturated heterocycles. The van der Waals surface area contributed by atoms with Crippen molar-refractivity contribution < 1.29 is 9.53 Å². The third-order valence-corrected chi connectivity index (χ3v) is 3.68. The van der Waals surface area contributed by atoms with E-state index in [2.05, 4.69) is 12.0 Å². The van der Waals surface area contributed by atoms with Gasteiger partial charge in [-0.2, -0.15) is 5.10 Å². The van der Waals surface area contributed by atoms with Crippen LogP contribution in [-0.4, -0.2) is 22.9 Å². The summed E-state index contributed by atoms with van der Waals surface area (Å²) >= 11 is 6.06. The summed E-state index contributed by atoms with van der Waals surface area (Å²) in [6.07, 6.45) is 1.81. The highest BCUT2D eigenvalue weighted by Gasteiger charge is 2.19. The van der Waals surface area contributed by atoms with E-state index in [1.165, 1.54) is 7.11 Å². The summed E-state index contributed by atoms with van der Waals surface area (Å²) < 4.78 is 6.67. The number of halogens is 1. The molecule has 0 aliphatic carbocycles. The molecule has 0 bridgehead atoms. The summed E-state index contributed by atoms with van der Waals surface area (Å²) in [5.41, 5.74) is 3.83. The van der Waals surface area contributed by atoms with Crippen molar-refractivity contribution in [3.05, 3.63) is 46.2 Å². The van der Waals surface area contributed by atoms with Crippen LogP contribution >= 0.6 is 11.6 Å². The average Bonchev–Trinajstić information content (AvgIpc) is 2.84. The molecule has 4 nitrogen and oxygen atoms in total. The Bertz CT molecular complexity index is 650. The van der Waals surface area contributed by atoms with Gasteiger partial charge < -0.3 is 4.74 Å². The molecule has 0 unspecified atom stereocenters. The minimum atomic E-state index is -0.245. The van der Waals surface area contributed by atoms with Crippen LogP contribution in [0.3, 0.4) is 0 Å². The highest BCUT2D eigenvalue weighted by Crippen LogP contribution is 2.23. The van der Waals surface area contributed by atoms with Crippen LogP contribution in [0.15, 0.2) is 24.3 Å². The molecule has 0 aliphatic rings. The standard InChI is InChI=1S/C16H19ClN2O2/c1-4-14-13(10-16(20)21-3)15(5-2)19(18-14)12-8-6-7-11(17)9-12/h6-9H,4-5,10H2,1-3H3. The smallest absolute Gasteiger partial charge is 0.310 e. The van der Waals surface area contributed by atoms with Gasteiger partial charge in [-0.3, -0.25) is 4.79 Å². The van der Waals surface area contributed by atoms with E-state index in [4.69, 9.17) is 16.3 Å². The molecule has 0 atom stereocenters. The molecule has 2 aromatic rings. The molecule has 1 heterocycles. The molecule has 0 spiro atoms. The van der Waals surface area contributed by atoms with E-state index in [1.54, 1.807) is 0 Å². The summed E-state index contributed by atoms with van der Waals surface area (Å²) in [6.45, 7) is 4.09. The van der Waals surface area contributed by atoms with Crippen LogP contribution < -0.4 is 0 Å². The van der Waals surface area contributed by atoms with E-state index >= 15 is 0 Å². The van der Waals surface area contributed by atoms with E-state index in [0.717, 1.165) is 35.5 Å². The lowest BCUT2D eigenvalue weighted by Gasteiger charge is -2.08. The van der Waals surface area contributed by atoms with Gasteiger partial charge in [0.1, 0.15) is 0 Å². The number of nitrogens with zero attached hydrogens (tertiary/aromatic N) is 2. The van der Waals surface area contributed by atoms with Crippen LogP contribution in [0.25, 0.3) is 5.69 Å². The van der Waals surface area contributed by atoms with Gasteiger partial charge >= 0.3 is 5.97 Å². The van der Waals surface area contributed by atoms with Crippen molar-refractivity contribution in [3.63, 3.8) is 0 Å². The second kappa shape index (κ2) is 6.76. The van der Waals surface area contributed by atoms with E-state index in [0.29, 0.717) is 5.02 Å². The molecule has 21 heavy (non-hydrogen) atoms. The molecule has 0 radical (unpaired) electrons. The Kier molecular flexibility index (Phi) is 5.02. The number of methoxy groups -OCH3 is 1. The Labute approximate surface area is 129 Å². The SMILES string of the molecule is CCc1nn(-c2cccc(Cl)c2)c(CC)c1CC(=O)OC. The van der Waals surface area contributed by atoms with Crippen LogP contribution in [0.4, 0.5) is 0 Å². The fourth-order valence-corrected chi connectivity index (χ4v) is 2.61. The third kappa shape index (κ3) is 3.27. The minimum absolute atomic E-state index is 0.245. The first-order valence-corrected chi connectivity index (χ1v) is 7.40. The third-order valence-electron chi connectivity index (χ3n) is 3.44. The molecular weight excluding hydrogens is 288 g/mol. The summed E-state index contributed by atoms with van der Waals surface area (Å²) in [4.78, 5) is 11.6. The Morgan fingerprint density at radius 1 is 1.33 bits per heavy atom.